The average Bonchev–Trinajstić information content (AvgIpc) is 3.55. The van der Waals surface area contributed by atoms with Gasteiger partial charge in [0.25, 0.3) is 0 Å². The number of likely N-dealkylation sites (N-methyl/N-ethyl adjacent to an activating group) is 1. The first kappa shape index (κ1) is 47.9. The Labute approximate surface area is 354 Å². The topological polar surface area (TPSA) is 102 Å². The number of carbonyl (C=O) groups is 2. The summed E-state index contributed by atoms with van der Waals surface area (Å²) in [4.78, 5) is 27.3. The number of rotatable bonds is 24. The van der Waals surface area contributed by atoms with Gasteiger partial charge in [0.05, 0.1) is 12.2 Å². The van der Waals surface area contributed by atoms with E-state index in [1.807, 2.05) is 7.05 Å². The maximum atomic E-state index is 12.9. The second-order valence-corrected chi connectivity index (χ2v) is 18.9. The summed E-state index contributed by atoms with van der Waals surface area (Å²) in [5.41, 5.74) is 0.493. The highest BCUT2D eigenvalue weighted by molar-refractivity contribution is 5.76. The normalized spacial score (nSPS) is 31.9. The highest BCUT2D eigenvalue weighted by Crippen LogP contribution is 2.68. The number of amides is 2. The Balaban J connectivity index is 0.999. The Morgan fingerprint density at radius 2 is 1.21 bits per heavy atom. The number of fused-ring (bicyclic) bond motifs is 5. The van der Waals surface area contributed by atoms with Crippen molar-refractivity contribution in [3.63, 3.8) is 0 Å². The van der Waals surface area contributed by atoms with Crippen LogP contribution < -0.4 is 10.6 Å². The van der Waals surface area contributed by atoms with Crippen LogP contribution in [0.3, 0.4) is 0 Å². The predicted molar refractivity (Wildman–Crippen MR) is 242 cm³/mol. The minimum absolute atomic E-state index is 0.0774. The second-order valence-electron chi connectivity index (χ2n) is 18.9. The average molecular weight is 802 g/mol. The number of carbonyl (C=O) groups excluding carboxylic acids is 2. The largest absolute Gasteiger partial charge is 0.393 e. The molecule has 0 saturated heterocycles. The van der Waals surface area contributed by atoms with Gasteiger partial charge in [-0.25, -0.2) is 0 Å². The molecule has 4 fully saturated rings. The van der Waals surface area contributed by atoms with Crippen LogP contribution in [0.15, 0.2) is 72.9 Å². The Kier molecular flexibility index (Phi) is 20.8. The minimum Gasteiger partial charge on any atom is -0.393 e. The molecule has 7 heteroatoms. The number of hydrogen-bond acceptors (Lipinski definition) is 5. The van der Waals surface area contributed by atoms with Gasteiger partial charge in [0.1, 0.15) is 0 Å². The number of allylic oxidation sites excluding steroid dienone is 12. The van der Waals surface area contributed by atoms with E-state index in [0.717, 1.165) is 90.1 Å². The summed E-state index contributed by atoms with van der Waals surface area (Å²) in [6, 6.07) is 0. The molecule has 0 aromatic rings. The summed E-state index contributed by atoms with van der Waals surface area (Å²) in [5.74, 6) is 3.26. The summed E-state index contributed by atoms with van der Waals surface area (Å²) < 4.78 is 0. The van der Waals surface area contributed by atoms with E-state index < -0.39 is 0 Å². The molecule has 0 aliphatic heterocycles. The third kappa shape index (κ3) is 14.5. The Morgan fingerprint density at radius 1 is 0.690 bits per heavy atom. The lowest BCUT2D eigenvalue weighted by Gasteiger charge is -2.62. The predicted octanol–water partition coefficient (Wildman–Crippen LogP) is 10.0. The molecule has 4 aliphatic rings. The van der Waals surface area contributed by atoms with E-state index in [9.17, 15) is 19.8 Å². The lowest BCUT2D eigenvalue weighted by molar-refractivity contribution is -0.174. The highest BCUT2D eigenvalue weighted by Gasteiger charge is 2.62. The lowest BCUT2D eigenvalue weighted by Crippen LogP contribution is -2.58. The first-order valence-electron chi connectivity index (χ1n) is 23.5. The van der Waals surface area contributed by atoms with Crippen molar-refractivity contribution in [3.8, 4) is 0 Å². The van der Waals surface area contributed by atoms with E-state index in [2.05, 4.69) is 116 Å². The zero-order chi connectivity index (χ0) is 41.8. The van der Waals surface area contributed by atoms with Gasteiger partial charge >= 0.3 is 0 Å². The van der Waals surface area contributed by atoms with Gasteiger partial charge in [-0.05, 0) is 156 Å². The first-order chi connectivity index (χ1) is 28.0. The van der Waals surface area contributed by atoms with Crippen LogP contribution in [0.5, 0.6) is 0 Å². The molecule has 326 valence electrons. The highest BCUT2D eigenvalue weighted by atomic mass is 16.3. The maximum absolute atomic E-state index is 12.9. The second kappa shape index (κ2) is 25.1. The van der Waals surface area contributed by atoms with Crippen LogP contribution in [-0.4, -0.2) is 72.4 Å². The van der Waals surface area contributed by atoms with Crippen LogP contribution in [0.1, 0.15) is 143 Å². The molecule has 10 atom stereocenters. The van der Waals surface area contributed by atoms with Crippen molar-refractivity contribution < 1.29 is 19.8 Å². The number of aliphatic hydroxyl groups is 2. The number of hydrogen-bond donors (Lipinski definition) is 4. The molecule has 7 nitrogen and oxygen atoms in total. The van der Waals surface area contributed by atoms with Crippen LogP contribution in [0.4, 0.5) is 0 Å². The zero-order valence-corrected chi connectivity index (χ0v) is 37.3. The summed E-state index contributed by atoms with van der Waals surface area (Å²) in [5, 5.41) is 28.1. The van der Waals surface area contributed by atoms with Gasteiger partial charge in [-0.15, -0.1) is 0 Å². The molecule has 58 heavy (non-hydrogen) atoms. The summed E-state index contributed by atoms with van der Waals surface area (Å²) in [6.45, 7) is 12.2. The SMILES string of the molecule is CCC=CCC=CCC=CCC=CCC=CCC=CCCC(=O)NCCN(C)CCNC(=O)CC[C@@H](C)C1CC[C@H]2[C@@H]3[C@H](O)C[C@@H]4C[C@H](O)CC[C@]4(C)[C@H]3CC[C@]12C. The minimum atomic E-state index is -0.244. The number of aliphatic hydroxyl groups excluding tert-OH is 2. The molecular formula is C51H83N3O4. The molecule has 0 aromatic heterocycles. The fourth-order valence-corrected chi connectivity index (χ4v) is 11.7. The standard InChI is InChI=1S/C51H83N3O4/c1-6-7-8-9-10-11-12-13-14-15-16-17-18-19-20-21-22-23-24-25-47(57)52-34-36-54(5)37-35-53-48(58)29-26-40(2)43-27-28-44-49-45(31-33-51(43,44)4)50(3)32-30-42(55)38-41(50)39-46(49)56/h7-8,10-11,13-14,16-17,19-20,22-23,40-46,49,55-56H,6,9,12,15,18,21,24-39H2,1-5H3,(H,52,57)(H,53,58)/t40-,41+,42-,43?,44+,45+,46-,49+,50+,51-/m1/s1. The van der Waals surface area contributed by atoms with Crippen molar-refractivity contribution >= 4 is 11.8 Å². The Hall–Kier alpha value is -2.74. The van der Waals surface area contributed by atoms with Gasteiger partial charge < -0.3 is 25.7 Å². The van der Waals surface area contributed by atoms with E-state index in [0.29, 0.717) is 61.4 Å². The molecule has 0 bridgehead atoms. The number of nitrogens with zero attached hydrogens (tertiary/aromatic N) is 1. The molecule has 1 unspecified atom stereocenters. The van der Waals surface area contributed by atoms with Crippen molar-refractivity contribution in [3.05, 3.63) is 72.9 Å². The van der Waals surface area contributed by atoms with Gasteiger partial charge in [-0.2, -0.15) is 0 Å². The van der Waals surface area contributed by atoms with Gasteiger partial charge in [0.2, 0.25) is 11.8 Å². The van der Waals surface area contributed by atoms with Crippen molar-refractivity contribution in [1.82, 2.24) is 15.5 Å². The van der Waals surface area contributed by atoms with E-state index in [1.165, 1.54) is 25.7 Å². The van der Waals surface area contributed by atoms with Crippen molar-refractivity contribution in [2.24, 2.45) is 46.3 Å². The van der Waals surface area contributed by atoms with Crippen LogP contribution >= 0.6 is 0 Å². The first-order valence-corrected chi connectivity index (χ1v) is 23.5. The molecule has 2 amide bonds. The molecular weight excluding hydrogens is 719 g/mol. The fraction of sp³-hybridized carbons (Fsp3) is 0.725. The molecule has 4 saturated carbocycles. The lowest BCUT2D eigenvalue weighted by atomic mass is 9.43. The van der Waals surface area contributed by atoms with E-state index in [1.54, 1.807) is 0 Å². The summed E-state index contributed by atoms with van der Waals surface area (Å²) >= 11 is 0. The Bertz CT molecular complexity index is 1420. The monoisotopic (exact) mass is 802 g/mol. The van der Waals surface area contributed by atoms with Gasteiger partial charge in [0, 0.05) is 39.0 Å². The van der Waals surface area contributed by atoms with Gasteiger partial charge in [-0.3, -0.25) is 9.59 Å². The van der Waals surface area contributed by atoms with E-state index >= 15 is 0 Å². The van der Waals surface area contributed by atoms with Crippen LogP contribution in [-0.2, 0) is 9.59 Å². The summed E-state index contributed by atoms with van der Waals surface area (Å²) in [7, 11) is 2.03. The fourth-order valence-electron chi connectivity index (χ4n) is 11.7. The molecule has 4 rings (SSSR count). The van der Waals surface area contributed by atoms with Gasteiger partial charge in [-0.1, -0.05) is 101 Å². The third-order valence-corrected chi connectivity index (χ3v) is 15.0. The van der Waals surface area contributed by atoms with Gasteiger partial charge in [0.15, 0.2) is 0 Å². The molecule has 0 aromatic carbocycles. The molecule has 0 spiro atoms. The van der Waals surface area contributed by atoms with Crippen molar-refractivity contribution in [2.75, 3.05) is 33.2 Å². The maximum Gasteiger partial charge on any atom is 0.220 e. The smallest absolute Gasteiger partial charge is 0.220 e. The summed E-state index contributed by atoms with van der Waals surface area (Å²) in [6.07, 6.45) is 43.0. The molecule has 0 radical (unpaired) electrons. The van der Waals surface area contributed by atoms with Crippen molar-refractivity contribution in [1.29, 1.82) is 0 Å². The quantitative estimate of drug-likeness (QED) is 0.0729. The zero-order valence-electron chi connectivity index (χ0n) is 37.3. The number of nitrogens with one attached hydrogen (secondary N) is 2. The van der Waals surface area contributed by atoms with Crippen LogP contribution in [0.25, 0.3) is 0 Å². The molecule has 4 aliphatic carbocycles. The van der Waals surface area contributed by atoms with E-state index in [4.69, 9.17) is 0 Å². The Morgan fingerprint density at radius 3 is 1.79 bits per heavy atom. The third-order valence-electron chi connectivity index (χ3n) is 15.0. The van der Waals surface area contributed by atoms with Crippen LogP contribution in [0.2, 0.25) is 0 Å². The molecule has 0 heterocycles. The van der Waals surface area contributed by atoms with Crippen molar-refractivity contribution in [2.45, 2.75) is 155 Å². The van der Waals surface area contributed by atoms with Crippen LogP contribution in [0, 0.1) is 46.3 Å². The van der Waals surface area contributed by atoms with E-state index in [-0.39, 0.29) is 34.9 Å². The molecule has 4 N–H and O–H groups in total.